The number of hydrogen-bond donors (Lipinski definition) is 1. The second-order valence-electron chi connectivity index (χ2n) is 13.9. The maximum atomic E-state index is 12.2. The van der Waals surface area contributed by atoms with Gasteiger partial charge in [0.05, 0.1) is 18.8 Å². The van der Waals surface area contributed by atoms with Gasteiger partial charge in [-0.05, 0) is 57.3 Å². The topological polar surface area (TPSA) is 85.4 Å². The molecule has 1 heterocycles. The minimum absolute atomic E-state index is 0.0968. The van der Waals surface area contributed by atoms with E-state index < -0.39 is 6.10 Å². The predicted molar refractivity (Wildman–Crippen MR) is 195 cm³/mol. The Labute approximate surface area is 289 Å². The van der Waals surface area contributed by atoms with Crippen LogP contribution in [0.5, 0.6) is 0 Å². The molecule has 0 aromatic carbocycles. The van der Waals surface area contributed by atoms with Crippen LogP contribution in [-0.4, -0.2) is 48.6 Å². The lowest BCUT2D eigenvalue weighted by Gasteiger charge is -2.15. The molecule has 0 aromatic heterocycles. The van der Waals surface area contributed by atoms with E-state index in [1.54, 1.807) is 0 Å². The third kappa shape index (κ3) is 28.8. The Kier molecular flexibility index (Phi) is 28.8. The van der Waals surface area contributed by atoms with Crippen molar-refractivity contribution in [3.63, 3.8) is 0 Å². The average molecular weight is 661 g/mol. The van der Waals surface area contributed by atoms with Crippen molar-refractivity contribution in [2.75, 3.05) is 13.2 Å². The van der Waals surface area contributed by atoms with Gasteiger partial charge in [0, 0.05) is 12.8 Å². The fourth-order valence-corrected chi connectivity index (χ4v) is 5.65. The van der Waals surface area contributed by atoms with Crippen molar-refractivity contribution in [1.29, 1.82) is 0 Å². The van der Waals surface area contributed by atoms with E-state index >= 15 is 0 Å². The number of ether oxygens (including phenoxy) is 3. The zero-order chi connectivity index (χ0) is 34.2. The number of aliphatic hydroxyl groups is 1. The van der Waals surface area contributed by atoms with Crippen LogP contribution >= 0.6 is 0 Å². The lowest BCUT2D eigenvalue weighted by atomic mass is 10.0. The second-order valence-corrected chi connectivity index (χ2v) is 13.9. The first-order valence-electron chi connectivity index (χ1n) is 19.5. The molecule has 47 heavy (non-hydrogen) atoms. The van der Waals surface area contributed by atoms with E-state index in [4.69, 9.17) is 14.2 Å². The highest BCUT2D eigenvalue weighted by molar-refractivity contribution is 5.70. The van der Waals surface area contributed by atoms with Crippen LogP contribution in [0.25, 0.3) is 0 Å². The Morgan fingerprint density at radius 3 is 1.81 bits per heavy atom. The molecule has 0 aliphatic carbocycles. The lowest BCUT2D eigenvalue weighted by molar-refractivity contribution is -0.161. The third-order valence-electron chi connectivity index (χ3n) is 8.77. The van der Waals surface area contributed by atoms with Gasteiger partial charge in [0.2, 0.25) is 0 Å². The van der Waals surface area contributed by atoms with Gasteiger partial charge in [-0.25, -0.2) is 0 Å². The number of rotatable bonds is 33. The number of allylic oxidation sites excluding steroid dienone is 4. The normalized spacial score (nSPS) is 17.0. The van der Waals surface area contributed by atoms with Gasteiger partial charge in [0.15, 0.2) is 6.10 Å². The zero-order valence-electron chi connectivity index (χ0n) is 30.6. The van der Waals surface area contributed by atoms with Crippen LogP contribution in [0.3, 0.4) is 0 Å². The molecule has 2 unspecified atom stereocenters. The Bertz CT molecular complexity index is 832. The molecule has 0 spiro atoms. The SMILES string of the molecule is CCCCC/C=C\CC1OC1C/C=C\C/C=C\CCCC(=O)OC[C@H](CO)OC(=O)CCCCCCCCCCCCCCC(C)C. The molecule has 1 saturated heterocycles. The predicted octanol–water partition coefficient (Wildman–Crippen LogP) is 10.9. The standard InChI is InChI=1S/C41H72O6/c1-4-5-6-7-20-25-30-38-39(47-38)31-26-21-16-14-18-22-27-32-40(43)45-35-37(34-42)46-41(44)33-28-23-17-13-11-9-8-10-12-15-19-24-29-36(2)3/h14,18,20-21,25-26,36-39,42H,4-13,15-17,19,22-24,27-35H2,1-3H3/b18-14-,25-20-,26-21-/t37-,38?,39?/m0/s1. The monoisotopic (exact) mass is 661 g/mol. The van der Waals surface area contributed by atoms with E-state index in [1.807, 2.05) is 0 Å². The van der Waals surface area contributed by atoms with Crippen molar-refractivity contribution in [3.05, 3.63) is 36.5 Å². The quantitative estimate of drug-likeness (QED) is 0.0326. The summed E-state index contributed by atoms with van der Waals surface area (Å²) in [7, 11) is 0. The van der Waals surface area contributed by atoms with Crippen LogP contribution in [-0.2, 0) is 23.8 Å². The molecule has 0 aromatic rings. The highest BCUT2D eigenvalue weighted by atomic mass is 16.6. The summed E-state index contributed by atoms with van der Waals surface area (Å²) in [5.41, 5.74) is 0. The number of carbonyl (C=O) groups is 2. The fraction of sp³-hybridized carbons (Fsp3) is 0.805. The molecule has 3 atom stereocenters. The molecule has 0 radical (unpaired) electrons. The van der Waals surface area contributed by atoms with Crippen molar-refractivity contribution in [2.45, 2.75) is 193 Å². The van der Waals surface area contributed by atoms with Crippen molar-refractivity contribution in [1.82, 2.24) is 0 Å². The molecule has 0 bridgehead atoms. The molecule has 0 saturated carbocycles. The first-order chi connectivity index (χ1) is 23.0. The molecule has 6 heteroatoms. The fourth-order valence-electron chi connectivity index (χ4n) is 5.65. The van der Waals surface area contributed by atoms with Gasteiger partial charge in [0.25, 0.3) is 0 Å². The summed E-state index contributed by atoms with van der Waals surface area (Å²) >= 11 is 0. The lowest BCUT2D eigenvalue weighted by Crippen LogP contribution is -2.28. The maximum Gasteiger partial charge on any atom is 0.306 e. The smallest absolute Gasteiger partial charge is 0.306 e. The van der Waals surface area contributed by atoms with E-state index in [0.29, 0.717) is 31.5 Å². The van der Waals surface area contributed by atoms with Crippen molar-refractivity contribution in [2.24, 2.45) is 5.92 Å². The summed E-state index contributed by atoms with van der Waals surface area (Å²) in [5.74, 6) is 0.175. The minimum atomic E-state index is -0.795. The number of aliphatic hydroxyl groups excluding tert-OH is 1. The van der Waals surface area contributed by atoms with Gasteiger partial charge in [-0.15, -0.1) is 0 Å². The van der Waals surface area contributed by atoms with Gasteiger partial charge in [-0.3, -0.25) is 9.59 Å². The highest BCUT2D eigenvalue weighted by Gasteiger charge is 2.35. The number of unbranched alkanes of at least 4 members (excludes halogenated alkanes) is 15. The Hall–Kier alpha value is -1.92. The van der Waals surface area contributed by atoms with E-state index in [2.05, 4.69) is 57.2 Å². The molecular weight excluding hydrogens is 588 g/mol. The number of epoxide rings is 1. The molecule has 1 aliphatic rings. The van der Waals surface area contributed by atoms with Crippen LogP contribution in [0.1, 0.15) is 175 Å². The van der Waals surface area contributed by atoms with Crippen LogP contribution in [0.2, 0.25) is 0 Å². The Morgan fingerprint density at radius 1 is 0.660 bits per heavy atom. The first-order valence-corrected chi connectivity index (χ1v) is 19.5. The molecule has 1 N–H and O–H groups in total. The largest absolute Gasteiger partial charge is 0.462 e. The molecule has 6 nitrogen and oxygen atoms in total. The van der Waals surface area contributed by atoms with E-state index in [9.17, 15) is 14.7 Å². The van der Waals surface area contributed by atoms with Gasteiger partial charge in [0.1, 0.15) is 6.61 Å². The molecule has 0 amide bonds. The molecule has 1 fully saturated rings. The maximum absolute atomic E-state index is 12.2. The summed E-state index contributed by atoms with van der Waals surface area (Å²) in [6.45, 7) is 6.39. The number of esters is 2. The van der Waals surface area contributed by atoms with E-state index in [0.717, 1.165) is 50.9 Å². The molecule has 1 rings (SSSR count). The number of hydrogen-bond acceptors (Lipinski definition) is 6. The minimum Gasteiger partial charge on any atom is -0.462 e. The average Bonchev–Trinajstić information content (AvgIpc) is 3.81. The van der Waals surface area contributed by atoms with Crippen molar-refractivity contribution < 1.29 is 28.9 Å². The Balaban J connectivity index is 1.93. The summed E-state index contributed by atoms with van der Waals surface area (Å²) in [6, 6.07) is 0. The zero-order valence-corrected chi connectivity index (χ0v) is 30.6. The van der Waals surface area contributed by atoms with Gasteiger partial charge in [-0.2, -0.15) is 0 Å². The summed E-state index contributed by atoms with van der Waals surface area (Å²) < 4.78 is 16.3. The third-order valence-corrected chi connectivity index (χ3v) is 8.77. The van der Waals surface area contributed by atoms with Crippen LogP contribution in [0, 0.1) is 5.92 Å². The summed E-state index contributed by atoms with van der Waals surface area (Å²) in [6.07, 6.45) is 39.5. The van der Waals surface area contributed by atoms with Crippen LogP contribution < -0.4 is 0 Å². The summed E-state index contributed by atoms with van der Waals surface area (Å²) in [5, 5.41) is 9.55. The van der Waals surface area contributed by atoms with Gasteiger partial charge >= 0.3 is 11.9 Å². The van der Waals surface area contributed by atoms with Crippen LogP contribution in [0.15, 0.2) is 36.5 Å². The van der Waals surface area contributed by atoms with Gasteiger partial charge < -0.3 is 19.3 Å². The van der Waals surface area contributed by atoms with Crippen LogP contribution in [0.4, 0.5) is 0 Å². The highest BCUT2D eigenvalue weighted by Crippen LogP contribution is 2.29. The number of carbonyl (C=O) groups excluding carboxylic acids is 2. The van der Waals surface area contributed by atoms with E-state index in [-0.39, 0.29) is 25.2 Å². The first kappa shape index (κ1) is 43.1. The molecule has 1 aliphatic heterocycles. The summed E-state index contributed by atoms with van der Waals surface area (Å²) in [4.78, 5) is 24.2. The Morgan fingerprint density at radius 2 is 1.19 bits per heavy atom. The van der Waals surface area contributed by atoms with Gasteiger partial charge in [-0.1, -0.05) is 147 Å². The van der Waals surface area contributed by atoms with E-state index in [1.165, 1.54) is 89.9 Å². The molecular formula is C41H72O6. The van der Waals surface area contributed by atoms with Crippen molar-refractivity contribution >= 4 is 11.9 Å². The molecule has 272 valence electrons. The van der Waals surface area contributed by atoms with Crippen molar-refractivity contribution in [3.8, 4) is 0 Å². The second kappa shape index (κ2) is 31.4.